The first-order chi connectivity index (χ1) is 5.25. The van der Waals surface area contributed by atoms with Gasteiger partial charge in [-0.05, 0) is 0 Å². The van der Waals surface area contributed by atoms with Gasteiger partial charge < -0.3 is 14.6 Å². The van der Waals surface area contributed by atoms with Crippen LogP contribution in [0.15, 0.2) is 0 Å². The molecular formula is C7H10O4. The van der Waals surface area contributed by atoms with E-state index in [9.17, 15) is 9.90 Å². The zero-order chi connectivity index (χ0) is 7.90. The van der Waals surface area contributed by atoms with Crippen LogP contribution in [0.1, 0.15) is 12.8 Å². The van der Waals surface area contributed by atoms with Gasteiger partial charge in [0.2, 0.25) is 5.79 Å². The summed E-state index contributed by atoms with van der Waals surface area (Å²) in [6, 6.07) is 0. The Labute approximate surface area is 64.1 Å². The van der Waals surface area contributed by atoms with Crippen LogP contribution in [0.5, 0.6) is 0 Å². The Kier molecular flexibility index (Phi) is 1.49. The summed E-state index contributed by atoms with van der Waals surface area (Å²) in [5.74, 6) is -1.15. The number of hydrogen-bond donors (Lipinski definition) is 1. The Bertz CT molecular complexity index is 183. The highest BCUT2D eigenvalue weighted by atomic mass is 16.7. The van der Waals surface area contributed by atoms with Crippen LogP contribution in [0.3, 0.4) is 0 Å². The fourth-order valence-electron chi connectivity index (χ4n) is 1.59. The lowest BCUT2D eigenvalue weighted by atomic mass is 10.2. The van der Waals surface area contributed by atoms with E-state index >= 15 is 0 Å². The minimum Gasteiger partial charge on any atom is -0.380 e. The summed E-state index contributed by atoms with van der Waals surface area (Å²) >= 11 is 0. The fourth-order valence-corrected chi connectivity index (χ4v) is 1.59. The van der Waals surface area contributed by atoms with Crippen molar-refractivity contribution in [1.29, 1.82) is 0 Å². The normalized spacial score (nSPS) is 35.4. The molecule has 62 valence electrons. The molecule has 0 aromatic carbocycles. The molecule has 1 aliphatic carbocycles. The molecule has 4 nitrogen and oxygen atoms in total. The van der Waals surface area contributed by atoms with Crippen LogP contribution in [0, 0.1) is 0 Å². The van der Waals surface area contributed by atoms with Crippen molar-refractivity contribution in [3.8, 4) is 0 Å². The molecule has 0 aromatic heterocycles. The van der Waals surface area contributed by atoms with Crippen LogP contribution < -0.4 is 0 Å². The lowest BCUT2D eigenvalue weighted by molar-refractivity contribution is -0.203. The molecule has 0 bridgehead atoms. The average Bonchev–Trinajstić information content (AvgIpc) is 2.56. The van der Waals surface area contributed by atoms with E-state index in [1.807, 2.05) is 0 Å². The topological polar surface area (TPSA) is 55.8 Å². The monoisotopic (exact) mass is 158 g/mol. The Morgan fingerprint density at radius 1 is 1.45 bits per heavy atom. The predicted octanol–water partition coefficient (Wildman–Crippen LogP) is -0.547. The van der Waals surface area contributed by atoms with Gasteiger partial charge in [-0.2, -0.15) is 0 Å². The summed E-state index contributed by atoms with van der Waals surface area (Å²) in [7, 11) is 0. The second-order valence-corrected chi connectivity index (χ2v) is 2.88. The molecule has 1 atom stereocenters. The number of ether oxygens (including phenoxy) is 2. The standard InChI is InChI=1S/C7H10O4/c8-5-1-2-7(6(5)9)10-3-4-11-7/h6,9H,1-4H2/t6-/m1/s1. The zero-order valence-corrected chi connectivity index (χ0v) is 6.08. The molecule has 1 saturated carbocycles. The van der Waals surface area contributed by atoms with Crippen LogP contribution in [-0.4, -0.2) is 36.0 Å². The van der Waals surface area contributed by atoms with Crippen molar-refractivity contribution in [2.24, 2.45) is 0 Å². The maximum atomic E-state index is 10.9. The zero-order valence-electron chi connectivity index (χ0n) is 6.08. The highest BCUT2D eigenvalue weighted by Crippen LogP contribution is 2.35. The summed E-state index contributed by atoms with van der Waals surface area (Å²) < 4.78 is 10.4. The molecule has 1 heterocycles. The molecule has 1 N–H and O–H groups in total. The van der Waals surface area contributed by atoms with Gasteiger partial charge in [0.05, 0.1) is 13.2 Å². The molecule has 2 aliphatic rings. The van der Waals surface area contributed by atoms with Gasteiger partial charge in [-0.25, -0.2) is 0 Å². The Balaban J connectivity index is 2.19. The van der Waals surface area contributed by atoms with Crippen molar-refractivity contribution in [1.82, 2.24) is 0 Å². The first kappa shape index (κ1) is 7.21. The van der Waals surface area contributed by atoms with Crippen LogP contribution in [0.25, 0.3) is 0 Å². The van der Waals surface area contributed by atoms with Crippen LogP contribution in [-0.2, 0) is 14.3 Å². The molecule has 2 rings (SSSR count). The lowest BCUT2D eigenvalue weighted by Gasteiger charge is -2.23. The Morgan fingerprint density at radius 2 is 2.09 bits per heavy atom. The summed E-state index contributed by atoms with van der Waals surface area (Å²) in [6.45, 7) is 0.953. The van der Waals surface area contributed by atoms with Crippen molar-refractivity contribution >= 4 is 5.78 Å². The van der Waals surface area contributed by atoms with Crippen molar-refractivity contribution in [2.45, 2.75) is 24.7 Å². The van der Waals surface area contributed by atoms with E-state index in [0.29, 0.717) is 26.1 Å². The van der Waals surface area contributed by atoms with Gasteiger partial charge in [0.25, 0.3) is 0 Å². The van der Waals surface area contributed by atoms with E-state index in [2.05, 4.69) is 0 Å². The number of carbonyl (C=O) groups excluding carboxylic acids is 1. The molecule has 0 unspecified atom stereocenters. The highest BCUT2D eigenvalue weighted by Gasteiger charge is 2.52. The number of rotatable bonds is 0. The van der Waals surface area contributed by atoms with E-state index in [-0.39, 0.29) is 5.78 Å². The number of carbonyl (C=O) groups is 1. The van der Waals surface area contributed by atoms with Crippen molar-refractivity contribution in [3.63, 3.8) is 0 Å². The van der Waals surface area contributed by atoms with Gasteiger partial charge in [0.1, 0.15) is 0 Å². The summed E-state index contributed by atoms with van der Waals surface area (Å²) in [6.07, 6.45) is -0.209. The second-order valence-electron chi connectivity index (χ2n) is 2.88. The number of aliphatic hydroxyl groups is 1. The molecule has 2 fully saturated rings. The van der Waals surface area contributed by atoms with Gasteiger partial charge in [-0.3, -0.25) is 4.79 Å². The lowest BCUT2D eigenvalue weighted by Crippen LogP contribution is -2.41. The van der Waals surface area contributed by atoms with Crippen LogP contribution in [0.2, 0.25) is 0 Å². The SMILES string of the molecule is O=C1CCC2(OCCO2)[C@@H]1O. The molecule has 0 amide bonds. The summed E-state index contributed by atoms with van der Waals surface area (Å²) in [4.78, 5) is 10.9. The quantitative estimate of drug-likeness (QED) is 0.514. The van der Waals surface area contributed by atoms with Crippen LogP contribution in [0.4, 0.5) is 0 Å². The predicted molar refractivity (Wildman–Crippen MR) is 34.9 cm³/mol. The van der Waals surface area contributed by atoms with Crippen LogP contribution >= 0.6 is 0 Å². The van der Waals surface area contributed by atoms with Gasteiger partial charge in [0, 0.05) is 12.8 Å². The number of aliphatic hydroxyl groups excluding tert-OH is 1. The molecule has 1 saturated heterocycles. The average molecular weight is 158 g/mol. The van der Waals surface area contributed by atoms with Gasteiger partial charge in [-0.15, -0.1) is 0 Å². The maximum Gasteiger partial charge on any atom is 0.202 e. The van der Waals surface area contributed by atoms with E-state index in [0.717, 1.165) is 0 Å². The fraction of sp³-hybridized carbons (Fsp3) is 0.857. The summed E-state index contributed by atoms with van der Waals surface area (Å²) in [5, 5.41) is 9.35. The van der Waals surface area contributed by atoms with Crippen molar-refractivity contribution < 1.29 is 19.4 Å². The molecule has 0 aromatic rings. The number of hydrogen-bond acceptors (Lipinski definition) is 4. The molecule has 11 heavy (non-hydrogen) atoms. The summed E-state index contributed by atoms with van der Waals surface area (Å²) in [5.41, 5.74) is 0. The number of ketones is 1. The minimum atomic E-state index is -1.06. The first-order valence-electron chi connectivity index (χ1n) is 3.73. The molecule has 0 radical (unpaired) electrons. The van der Waals surface area contributed by atoms with E-state index < -0.39 is 11.9 Å². The molecular weight excluding hydrogens is 148 g/mol. The largest absolute Gasteiger partial charge is 0.380 e. The third-order valence-corrected chi connectivity index (χ3v) is 2.22. The smallest absolute Gasteiger partial charge is 0.202 e. The third kappa shape index (κ3) is 0.903. The van der Waals surface area contributed by atoms with Crippen molar-refractivity contribution in [2.75, 3.05) is 13.2 Å². The highest BCUT2D eigenvalue weighted by molar-refractivity contribution is 5.86. The maximum absolute atomic E-state index is 10.9. The Morgan fingerprint density at radius 3 is 2.55 bits per heavy atom. The van der Waals surface area contributed by atoms with Crippen molar-refractivity contribution in [3.05, 3.63) is 0 Å². The minimum absolute atomic E-state index is 0.174. The van der Waals surface area contributed by atoms with Gasteiger partial charge in [-0.1, -0.05) is 0 Å². The van der Waals surface area contributed by atoms with E-state index in [1.165, 1.54) is 0 Å². The Hall–Kier alpha value is -0.450. The molecule has 1 spiro atoms. The van der Waals surface area contributed by atoms with E-state index in [1.54, 1.807) is 0 Å². The second kappa shape index (κ2) is 2.27. The van der Waals surface area contributed by atoms with E-state index in [4.69, 9.17) is 9.47 Å². The molecule has 4 heteroatoms. The third-order valence-electron chi connectivity index (χ3n) is 2.22. The molecule has 1 aliphatic heterocycles. The number of Topliss-reactive ketones (excluding diaryl/α,β-unsaturated/α-hetero) is 1. The van der Waals surface area contributed by atoms with Gasteiger partial charge in [0.15, 0.2) is 11.9 Å². The van der Waals surface area contributed by atoms with Gasteiger partial charge >= 0.3 is 0 Å². The first-order valence-corrected chi connectivity index (χ1v) is 3.73.